The SMILES string of the molecule is CC(C)n1nc(-c2ccco2)cc1NC(=O)Cc1cnn(C)c1. The summed E-state index contributed by atoms with van der Waals surface area (Å²) in [5.74, 6) is 1.22. The van der Waals surface area contributed by atoms with E-state index in [1.54, 1.807) is 21.8 Å². The van der Waals surface area contributed by atoms with Gasteiger partial charge in [0.15, 0.2) is 5.76 Å². The number of amides is 1. The van der Waals surface area contributed by atoms with Gasteiger partial charge in [0.25, 0.3) is 0 Å². The van der Waals surface area contributed by atoms with Gasteiger partial charge in [-0.15, -0.1) is 0 Å². The number of carbonyl (C=O) groups is 1. The minimum Gasteiger partial charge on any atom is -0.463 e. The van der Waals surface area contributed by atoms with Gasteiger partial charge in [0.05, 0.1) is 18.9 Å². The van der Waals surface area contributed by atoms with E-state index in [1.165, 1.54) is 0 Å². The molecule has 0 saturated carbocycles. The van der Waals surface area contributed by atoms with Gasteiger partial charge in [-0.25, -0.2) is 4.68 Å². The molecule has 120 valence electrons. The van der Waals surface area contributed by atoms with Crippen molar-refractivity contribution < 1.29 is 9.21 Å². The van der Waals surface area contributed by atoms with Gasteiger partial charge in [-0.2, -0.15) is 10.2 Å². The number of aromatic nitrogens is 4. The maximum Gasteiger partial charge on any atom is 0.230 e. The average Bonchev–Trinajstić information content (AvgIpc) is 3.19. The van der Waals surface area contributed by atoms with Gasteiger partial charge in [0.2, 0.25) is 5.91 Å². The zero-order valence-electron chi connectivity index (χ0n) is 13.4. The first-order valence-electron chi connectivity index (χ1n) is 7.43. The molecule has 0 atom stereocenters. The van der Waals surface area contributed by atoms with Crippen LogP contribution in [0.4, 0.5) is 5.82 Å². The zero-order chi connectivity index (χ0) is 16.4. The number of furan rings is 1. The van der Waals surface area contributed by atoms with Gasteiger partial charge in [0.1, 0.15) is 11.5 Å². The molecule has 7 nitrogen and oxygen atoms in total. The fraction of sp³-hybridized carbons (Fsp3) is 0.312. The summed E-state index contributed by atoms with van der Waals surface area (Å²) in [5, 5.41) is 11.5. The van der Waals surface area contributed by atoms with Gasteiger partial charge in [-0.3, -0.25) is 9.48 Å². The minimum absolute atomic E-state index is 0.106. The molecule has 3 aromatic heterocycles. The van der Waals surface area contributed by atoms with Crippen LogP contribution in [-0.4, -0.2) is 25.5 Å². The van der Waals surface area contributed by atoms with Crippen LogP contribution in [-0.2, 0) is 18.3 Å². The highest BCUT2D eigenvalue weighted by Crippen LogP contribution is 2.25. The molecule has 0 aromatic carbocycles. The first kappa shape index (κ1) is 15.1. The van der Waals surface area contributed by atoms with Crippen LogP contribution < -0.4 is 5.32 Å². The van der Waals surface area contributed by atoms with Gasteiger partial charge in [-0.1, -0.05) is 0 Å². The second-order valence-corrected chi connectivity index (χ2v) is 5.68. The lowest BCUT2D eigenvalue weighted by Crippen LogP contribution is -2.18. The Kier molecular flexibility index (Phi) is 4.01. The number of anilines is 1. The van der Waals surface area contributed by atoms with E-state index in [0.29, 0.717) is 17.3 Å². The van der Waals surface area contributed by atoms with Crippen LogP contribution in [0.1, 0.15) is 25.5 Å². The van der Waals surface area contributed by atoms with Crippen molar-refractivity contribution in [3.05, 3.63) is 42.4 Å². The molecule has 23 heavy (non-hydrogen) atoms. The highest BCUT2D eigenvalue weighted by atomic mass is 16.3. The number of aryl methyl sites for hydroxylation is 1. The molecule has 0 bridgehead atoms. The predicted molar refractivity (Wildman–Crippen MR) is 85.9 cm³/mol. The first-order chi connectivity index (χ1) is 11.0. The molecule has 0 aliphatic rings. The highest BCUT2D eigenvalue weighted by molar-refractivity contribution is 5.91. The summed E-state index contributed by atoms with van der Waals surface area (Å²) >= 11 is 0. The smallest absolute Gasteiger partial charge is 0.230 e. The van der Waals surface area contributed by atoms with E-state index in [9.17, 15) is 4.79 Å². The quantitative estimate of drug-likeness (QED) is 0.785. The van der Waals surface area contributed by atoms with E-state index in [0.717, 1.165) is 5.56 Å². The Labute approximate surface area is 133 Å². The Bertz CT molecular complexity index is 798. The van der Waals surface area contributed by atoms with Crippen molar-refractivity contribution in [1.82, 2.24) is 19.6 Å². The summed E-state index contributed by atoms with van der Waals surface area (Å²) in [7, 11) is 1.82. The molecule has 3 heterocycles. The summed E-state index contributed by atoms with van der Waals surface area (Å²) in [6.07, 6.45) is 5.39. The maximum atomic E-state index is 12.2. The van der Waals surface area contributed by atoms with E-state index in [1.807, 2.05) is 45.3 Å². The highest BCUT2D eigenvalue weighted by Gasteiger charge is 2.16. The van der Waals surface area contributed by atoms with E-state index < -0.39 is 0 Å². The summed E-state index contributed by atoms with van der Waals surface area (Å²) in [4.78, 5) is 12.2. The lowest BCUT2D eigenvalue weighted by molar-refractivity contribution is -0.115. The van der Waals surface area contributed by atoms with Crippen LogP contribution in [0.25, 0.3) is 11.5 Å². The van der Waals surface area contributed by atoms with Crippen LogP contribution in [0.3, 0.4) is 0 Å². The molecule has 1 N–H and O–H groups in total. The van der Waals surface area contributed by atoms with Crippen molar-refractivity contribution in [2.24, 2.45) is 7.05 Å². The van der Waals surface area contributed by atoms with E-state index in [4.69, 9.17) is 4.42 Å². The predicted octanol–water partition coefficient (Wildman–Crippen LogP) is 2.64. The lowest BCUT2D eigenvalue weighted by atomic mass is 10.2. The fourth-order valence-corrected chi connectivity index (χ4v) is 2.36. The molecular weight excluding hydrogens is 294 g/mol. The van der Waals surface area contributed by atoms with Crippen molar-refractivity contribution in [2.45, 2.75) is 26.3 Å². The Morgan fingerprint density at radius 3 is 2.87 bits per heavy atom. The molecule has 0 radical (unpaired) electrons. The van der Waals surface area contributed by atoms with Crippen molar-refractivity contribution >= 4 is 11.7 Å². The third kappa shape index (κ3) is 3.33. The zero-order valence-corrected chi connectivity index (χ0v) is 13.4. The molecule has 3 rings (SSSR count). The molecule has 0 unspecified atom stereocenters. The van der Waals surface area contributed by atoms with Gasteiger partial charge < -0.3 is 9.73 Å². The van der Waals surface area contributed by atoms with Gasteiger partial charge >= 0.3 is 0 Å². The fourth-order valence-electron chi connectivity index (χ4n) is 2.36. The van der Waals surface area contributed by atoms with E-state index in [-0.39, 0.29) is 18.4 Å². The third-order valence-electron chi connectivity index (χ3n) is 3.39. The number of rotatable bonds is 5. The van der Waals surface area contributed by atoms with Crippen LogP contribution in [0, 0.1) is 0 Å². The van der Waals surface area contributed by atoms with Crippen LogP contribution >= 0.6 is 0 Å². The molecule has 1 amide bonds. The Hall–Kier alpha value is -2.83. The molecule has 0 aliphatic carbocycles. The normalized spacial score (nSPS) is 11.1. The number of nitrogens with one attached hydrogen (secondary N) is 1. The minimum atomic E-state index is -0.106. The molecule has 0 spiro atoms. The number of carbonyl (C=O) groups excluding carboxylic acids is 1. The standard InChI is InChI=1S/C16H19N5O2/c1-11(2)21-15(8-13(19-21)14-5-4-6-23-14)18-16(22)7-12-9-17-20(3)10-12/h4-6,8-11H,7H2,1-3H3,(H,18,22). The lowest BCUT2D eigenvalue weighted by Gasteiger charge is -2.11. The van der Waals surface area contributed by atoms with Gasteiger partial charge in [0, 0.05) is 25.4 Å². The summed E-state index contributed by atoms with van der Waals surface area (Å²) in [6.45, 7) is 4.02. The van der Waals surface area contributed by atoms with Crippen LogP contribution in [0.15, 0.2) is 41.3 Å². The molecule has 0 saturated heterocycles. The average molecular weight is 313 g/mol. The number of hydrogen-bond donors (Lipinski definition) is 1. The monoisotopic (exact) mass is 313 g/mol. The second-order valence-electron chi connectivity index (χ2n) is 5.68. The topological polar surface area (TPSA) is 77.9 Å². The molecule has 7 heteroatoms. The van der Waals surface area contributed by atoms with Crippen LogP contribution in [0.5, 0.6) is 0 Å². The third-order valence-corrected chi connectivity index (χ3v) is 3.39. The second kappa shape index (κ2) is 6.12. The Balaban J connectivity index is 1.79. The Morgan fingerprint density at radius 1 is 1.43 bits per heavy atom. The Morgan fingerprint density at radius 2 is 2.26 bits per heavy atom. The molecule has 3 aromatic rings. The van der Waals surface area contributed by atoms with Crippen molar-refractivity contribution in [2.75, 3.05) is 5.32 Å². The van der Waals surface area contributed by atoms with Crippen molar-refractivity contribution in [3.8, 4) is 11.5 Å². The van der Waals surface area contributed by atoms with E-state index in [2.05, 4.69) is 15.5 Å². The summed E-state index contributed by atoms with van der Waals surface area (Å²) in [6, 6.07) is 5.59. The summed E-state index contributed by atoms with van der Waals surface area (Å²) in [5.41, 5.74) is 1.56. The number of hydrogen-bond acceptors (Lipinski definition) is 4. The van der Waals surface area contributed by atoms with Crippen LogP contribution in [0.2, 0.25) is 0 Å². The largest absolute Gasteiger partial charge is 0.463 e. The number of nitrogens with zero attached hydrogens (tertiary/aromatic N) is 4. The first-order valence-corrected chi connectivity index (χ1v) is 7.43. The maximum absolute atomic E-state index is 12.2. The van der Waals surface area contributed by atoms with Crippen molar-refractivity contribution in [1.29, 1.82) is 0 Å². The molecular formula is C16H19N5O2. The molecule has 0 aliphatic heterocycles. The van der Waals surface area contributed by atoms with E-state index >= 15 is 0 Å². The van der Waals surface area contributed by atoms with Crippen molar-refractivity contribution in [3.63, 3.8) is 0 Å². The molecule has 0 fully saturated rings. The summed E-state index contributed by atoms with van der Waals surface area (Å²) < 4.78 is 8.82. The van der Waals surface area contributed by atoms with Gasteiger partial charge in [-0.05, 0) is 31.5 Å².